The second kappa shape index (κ2) is 48.6. The monoisotopic (exact) mass is 2220 g/mol. The maximum absolute atomic E-state index is 14.5. The zero-order valence-corrected chi connectivity index (χ0v) is 89.2. The van der Waals surface area contributed by atoms with E-state index in [9.17, 15) is 89.1 Å². The summed E-state index contributed by atoms with van der Waals surface area (Å²) in [6, 6.07) is 51.1. The number of aromatic carboxylic acids is 1. The molecule has 5 atom stereocenters. The normalized spacial score (nSPS) is 12.8. The van der Waals surface area contributed by atoms with E-state index in [0.717, 1.165) is 57.5 Å². The molecule has 11 aromatic carbocycles. The molecule has 16 aromatic rings. The van der Waals surface area contributed by atoms with Gasteiger partial charge in [0.15, 0.2) is 57.4 Å². The van der Waals surface area contributed by atoms with Crippen LogP contribution in [0.15, 0.2) is 239 Å². The molecule has 16 rings (SSSR count). The highest BCUT2D eigenvalue weighted by Crippen LogP contribution is 2.40. The minimum absolute atomic E-state index is 0.0126. The third-order valence-corrected chi connectivity index (χ3v) is 28.5. The molecule has 37 nitrogen and oxygen atoms in total. The molecule has 149 heavy (non-hydrogen) atoms. The second-order valence-electron chi connectivity index (χ2n) is 34.4. The van der Waals surface area contributed by atoms with E-state index in [1.807, 2.05) is 39.0 Å². The van der Waals surface area contributed by atoms with Crippen molar-refractivity contribution in [3.8, 4) is 51.7 Å². The van der Waals surface area contributed by atoms with Gasteiger partial charge in [-0.2, -0.15) is 0 Å². The Labute approximate surface area is 862 Å². The Hall–Kier alpha value is -14.6. The largest absolute Gasteiger partial charge is 0.496 e. The zero-order chi connectivity index (χ0) is 109. The highest BCUT2D eigenvalue weighted by Gasteiger charge is 2.33. The summed E-state index contributed by atoms with van der Waals surface area (Å²) in [6.07, 6.45) is 5.82. The summed E-state index contributed by atoms with van der Waals surface area (Å²) in [5.74, 6) is -1.17. The lowest BCUT2D eigenvalue weighted by Crippen LogP contribution is -2.28. The number of fused-ring (bicyclic) bond motifs is 5. The number of hydrogen-bond donors (Lipinski definition) is 5. The lowest BCUT2D eigenvalue weighted by atomic mass is 10.0. The average Bonchev–Trinajstić information content (AvgIpc) is 1.62. The molecule has 5 aromatic heterocycles. The maximum atomic E-state index is 14.5. The second-order valence-corrected chi connectivity index (χ2v) is 46.2. The van der Waals surface area contributed by atoms with Crippen molar-refractivity contribution in [1.29, 1.82) is 0 Å². The van der Waals surface area contributed by atoms with Crippen LogP contribution in [0.25, 0.3) is 55.2 Å². The topological polar surface area (TPSA) is 487 Å². The van der Waals surface area contributed by atoms with Crippen molar-refractivity contribution in [1.82, 2.24) is 42.8 Å². The number of hydrogen-bond acceptors (Lipinski definition) is 27. The third kappa shape index (κ3) is 28.1. The molecular weight excluding hydrogens is 2110 g/mol. The number of sulfone groups is 5. The molecule has 0 bridgehead atoms. The van der Waals surface area contributed by atoms with Gasteiger partial charge in [0.1, 0.15) is 72.1 Å². The predicted molar refractivity (Wildman–Crippen MR) is 564 cm³/mol. The van der Waals surface area contributed by atoms with Crippen LogP contribution >= 0.6 is 15.9 Å². The van der Waals surface area contributed by atoms with Crippen LogP contribution in [0, 0.1) is 17.5 Å². The number of carbonyl (C=O) groups is 1. The molecule has 794 valence electrons. The number of carboxylic acid groups (broad SMARTS) is 1. The van der Waals surface area contributed by atoms with Gasteiger partial charge >= 0.3 is 34.5 Å². The molecule has 0 aliphatic rings. The van der Waals surface area contributed by atoms with Crippen molar-refractivity contribution in [3.63, 3.8) is 0 Å². The molecule has 46 heteroatoms. The number of halogens is 4. The number of ether oxygens (including phenoxy) is 10. The van der Waals surface area contributed by atoms with E-state index in [4.69, 9.17) is 51.8 Å². The summed E-state index contributed by atoms with van der Waals surface area (Å²) in [5.41, 5.74) is 6.37. The zero-order valence-electron chi connectivity index (χ0n) is 83.6. The smallest absolute Gasteiger partial charge is 0.420 e. The first kappa shape index (κ1) is 113. The van der Waals surface area contributed by atoms with Gasteiger partial charge in [-0.3, -0.25) is 22.8 Å². The van der Waals surface area contributed by atoms with E-state index in [-0.39, 0.29) is 64.1 Å². The van der Waals surface area contributed by atoms with E-state index in [1.165, 1.54) is 71.0 Å². The van der Waals surface area contributed by atoms with Crippen LogP contribution in [0.3, 0.4) is 0 Å². The number of imidazole rings is 4. The number of benzene rings is 11. The summed E-state index contributed by atoms with van der Waals surface area (Å²) in [7, 11) is -8.21. The molecule has 0 fully saturated rings. The Balaban J connectivity index is 0.000000166. The Morgan fingerprint density at radius 3 is 1.18 bits per heavy atom. The number of carboxylic acids is 1. The summed E-state index contributed by atoms with van der Waals surface area (Å²) in [4.78, 5) is 85.7. The molecule has 0 saturated carbocycles. The maximum Gasteiger partial charge on any atom is 0.420 e. The summed E-state index contributed by atoms with van der Waals surface area (Å²) >= 11 is 3.34. The molecule has 0 saturated heterocycles. The van der Waals surface area contributed by atoms with Crippen molar-refractivity contribution in [2.24, 2.45) is 0 Å². The fourth-order valence-corrected chi connectivity index (χ4v) is 22.2. The van der Waals surface area contributed by atoms with Crippen molar-refractivity contribution >= 4 is 126 Å². The molecule has 0 aliphatic heterocycles. The van der Waals surface area contributed by atoms with Crippen LogP contribution in [-0.4, -0.2) is 225 Å². The molecule has 0 radical (unpaired) electrons. The Kier molecular flexibility index (Phi) is 36.9. The van der Waals surface area contributed by atoms with Gasteiger partial charge < -0.3 is 76.8 Å². The SMILES string of the molecule is CCOc1cc([C@@H](CS(C)(=O)=O)n2c(=O)[nH]c3c(Cc4ccccc4F)cccc32)ccc1OC.CCOc1cc([C@@H](CS(C)(=O)=O)n2c(=O)[nH]c3cc(C(=O)O)ccc32)ccc1OC.CCOc1cc([C@@H](CS(C)(=O)=O)n2c(=O)[nH]c3cc(F)cc(F)c32)ccc1OC.CCOc1cc([C@@H](CS(C)(=O)=O)n2c(=O)[nH]c3ccccc32)ccc1OC.COCc1cc([C@@H](CS(C)(=O)=O)n2c(=O)oc3cc(Br)ccc32)ccc1OC. The molecule has 5 heterocycles. The van der Waals surface area contributed by atoms with Gasteiger partial charge in [0, 0.05) is 60.9 Å². The van der Waals surface area contributed by atoms with Gasteiger partial charge in [0.2, 0.25) is 0 Å². The lowest BCUT2D eigenvalue weighted by molar-refractivity contribution is 0.0696. The molecule has 0 aliphatic carbocycles. The first-order valence-electron chi connectivity index (χ1n) is 45.9. The third-order valence-electron chi connectivity index (χ3n) is 23.4. The lowest BCUT2D eigenvalue weighted by Gasteiger charge is -2.20. The Bertz CT molecular complexity index is 8570. The Morgan fingerprint density at radius 1 is 0.362 bits per heavy atom. The number of para-hydroxylation sites is 3. The summed E-state index contributed by atoms with van der Waals surface area (Å²) < 4.78 is 231. The van der Waals surface area contributed by atoms with E-state index < -0.39 is 126 Å². The average molecular weight is 2220 g/mol. The van der Waals surface area contributed by atoms with Gasteiger partial charge in [0.25, 0.3) is 0 Å². The first-order valence-corrected chi connectivity index (χ1v) is 57.0. The van der Waals surface area contributed by atoms with Crippen LogP contribution in [0.4, 0.5) is 13.2 Å². The minimum atomic E-state index is -3.59. The van der Waals surface area contributed by atoms with Crippen LogP contribution in [-0.2, 0) is 67.0 Å². The van der Waals surface area contributed by atoms with E-state index in [2.05, 4.69) is 35.9 Å². The van der Waals surface area contributed by atoms with Crippen molar-refractivity contribution in [3.05, 3.63) is 331 Å². The number of H-pyrrole nitrogens is 4. The predicted octanol–water partition coefficient (Wildman–Crippen LogP) is 14.3. The molecular formula is C103H111BrF3N9O28S5. The number of rotatable bonds is 38. The molecule has 5 N–H and O–H groups in total. The molecule has 0 amide bonds. The highest BCUT2D eigenvalue weighted by molar-refractivity contribution is 9.10. The van der Waals surface area contributed by atoms with Crippen LogP contribution in [0.2, 0.25) is 0 Å². The van der Waals surface area contributed by atoms with Crippen molar-refractivity contribution < 1.29 is 117 Å². The van der Waals surface area contributed by atoms with E-state index >= 15 is 0 Å². The summed E-state index contributed by atoms with van der Waals surface area (Å²) in [5, 5.41) is 9.19. The van der Waals surface area contributed by atoms with Gasteiger partial charge in [-0.15, -0.1) is 0 Å². The fraction of sp³-hybridized carbons (Fsp3) is 0.301. The quantitative estimate of drug-likeness (QED) is 0.0240. The van der Waals surface area contributed by atoms with Crippen LogP contribution in [0.1, 0.15) is 113 Å². The van der Waals surface area contributed by atoms with Crippen molar-refractivity contribution in [2.75, 3.05) is 129 Å². The van der Waals surface area contributed by atoms with Crippen LogP contribution in [0.5, 0.6) is 51.7 Å². The highest BCUT2D eigenvalue weighted by atomic mass is 79.9. The number of methoxy groups -OCH3 is 6. The molecule has 0 unspecified atom stereocenters. The van der Waals surface area contributed by atoms with E-state index in [0.29, 0.717) is 162 Å². The van der Waals surface area contributed by atoms with E-state index in [1.54, 1.807) is 173 Å². The van der Waals surface area contributed by atoms with Gasteiger partial charge in [-0.1, -0.05) is 88.7 Å². The number of aromatic nitrogens is 9. The van der Waals surface area contributed by atoms with Gasteiger partial charge in [-0.25, -0.2) is 84.0 Å². The number of oxazole rings is 1. The standard InChI is InChI=1S/C26H27FN2O5S.C20H22N2O7S.C19H20BrNO6S.C19H20F2N2O5S.C19H22N2O5S/c1-4-34-24-15-18(12-13-23(24)33-2)22(16-35(3,31)32)29-21-11-7-9-19(25(21)28-26(29)30)14-17-8-5-6-10-20(17)27;1-4-29-18-10-12(6-8-17(18)28-2)16(11-30(3,26)27)22-15-7-5-13(19(23)24)9-14(15)21-20(22)25;1-25-10-13-8-12(4-7-17(13)26-2)16(11-28(3,23)24)21-15-6-5-14(20)9-18(15)27-19(21)22;1-4-28-17-7-11(5-6-16(17)27-2)15(10-29(3,25)26)23-18-13(21)8-12(20)9-14(18)22-19(23)24;1-4-26-18-11-13(9-10-17(18)25-2)16(12-27(3,23)24)21-15-8-6-5-7-14(15)20-19(21)22/h5-13,15,22H,4,14,16H2,1-3H3,(H,28,30);5-10,16H,4,11H2,1-3H3,(H,21,25)(H,23,24);4-9,16H,10-11H2,1-3H3;5-9,15H,4,10H2,1-3H3,(H,22,24);5-11,16H,4,12H2,1-3H3,(H,20,22)/t22-;2*16-;15-;16-/m11111/s1. The number of nitrogens with zero attached hydrogens (tertiary/aromatic N) is 5. The first-order chi connectivity index (χ1) is 70.6. The van der Waals surface area contributed by atoms with Gasteiger partial charge in [-0.05, 0) is 194 Å². The minimum Gasteiger partial charge on any atom is -0.496 e. The molecule has 0 spiro atoms. The van der Waals surface area contributed by atoms with Crippen molar-refractivity contribution in [2.45, 2.75) is 70.9 Å². The number of nitrogens with one attached hydrogen (secondary N) is 4. The fourth-order valence-electron chi connectivity index (χ4n) is 17.2. The van der Waals surface area contributed by atoms with Crippen LogP contribution < -0.4 is 71.1 Å². The Morgan fingerprint density at radius 2 is 0.738 bits per heavy atom. The number of aromatic amines is 4. The van der Waals surface area contributed by atoms with Gasteiger partial charge in [0.05, 0.1) is 177 Å². The summed E-state index contributed by atoms with van der Waals surface area (Å²) in [6.45, 7) is 9.09.